The summed E-state index contributed by atoms with van der Waals surface area (Å²) in [5, 5.41) is 3.38. The molecule has 2 heterocycles. The van der Waals surface area contributed by atoms with Crippen molar-refractivity contribution in [3.8, 4) is 0 Å². The van der Waals surface area contributed by atoms with Crippen molar-refractivity contribution in [1.29, 1.82) is 0 Å². The minimum atomic E-state index is 0.204. The molecule has 1 amide bonds. The maximum atomic E-state index is 12.6. The van der Waals surface area contributed by atoms with Gasteiger partial charge in [-0.1, -0.05) is 30.7 Å². The molecule has 1 aromatic rings. The largest absolute Gasteiger partial charge is 0.353 e. The lowest BCUT2D eigenvalue weighted by atomic mass is 9.82. The lowest BCUT2D eigenvalue weighted by Gasteiger charge is -2.47. The molecule has 2 saturated heterocycles. The number of fused-ring (bicyclic) bond motifs is 2. The van der Waals surface area contributed by atoms with Crippen molar-refractivity contribution >= 4 is 5.91 Å². The minimum absolute atomic E-state index is 0.204. The first-order valence-electron chi connectivity index (χ1n) is 9.21. The Morgan fingerprint density at radius 1 is 1.13 bits per heavy atom. The molecule has 1 N–H and O–H groups in total. The summed E-state index contributed by atoms with van der Waals surface area (Å²) in [6.45, 7) is 2.15. The molecule has 2 bridgehead atoms. The van der Waals surface area contributed by atoms with Crippen LogP contribution in [0, 0.1) is 12.8 Å². The summed E-state index contributed by atoms with van der Waals surface area (Å²) in [7, 11) is 2.27. The van der Waals surface area contributed by atoms with E-state index in [0.717, 1.165) is 19.3 Å². The molecule has 23 heavy (non-hydrogen) atoms. The summed E-state index contributed by atoms with van der Waals surface area (Å²) in [6, 6.07) is 10.3. The second kappa shape index (κ2) is 5.94. The highest BCUT2D eigenvalue weighted by atomic mass is 16.2. The van der Waals surface area contributed by atoms with Gasteiger partial charge in [0.1, 0.15) is 0 Å². The van der Waals surface area contributed by atoms with Crippen LogP contribution >= 0.6 is 0 Å². The Morgan fingerprint density at radius 3 is 2.52 bits per heavy atom. The van der Waals surface area contributed by atoms with Crippen LogP contribution in [0.5, 0.6) is 0 Å². The number of aryl methyl sites for hydroxylation is 1. The van der Waals surface area contributed by atoms with Gasteiger partial charge in [-0.05, 0) is 63.1 Å². The van der Waals surface area contributed by atoms with Crippen LogP contribution in [-0.2, 0) is 4.79 Å². The maximum Gasteiger partial charge on any atom is 0.223 e. The molecule has 3 fully saturated rings. The van der Waals surface area contributed by atoms with E-state index in [0.29, 0.717) is 30.0 Å². The molecule has 124 valence electrons. The summed E-state index contributed by atoms with van der Waals surface area (Å²) in [5.41, 5.74) is 2.69. The Balaban J connectivity index is 1.36. The number of benzene rings is 1. The quantitative estimate of drug-likeness (QED) is 0.929. The molecular formula is C20H28N2O. The Kier molecular flexibility index (Phi) is 3.92. The van der Waals surface area contributed by atoms with Crippen LogP contribution in [0.3, 0.4) is 0 Å². The molecule has 1 aliphatic carbocycles. The number of rotatable bonds is 3. The maximum absolute atomic E-state index is 12.6. The van der Waals surface area contributed by atoms with Gasteiger partial charge < -0.3 is 10.2 Å². The minimum Gasteiger partial charge on any atom is -0.353 e. The van der Waals surface area contributed by atoms with Gasteiger partial charge in [-0.25, -0.2) is 0 Å². The molecule has 0 aromatic heterocycles. The van der Waals surface area contributed by atoms with Crippen LogP contribution in [0.25, 0.3) is 0 Å². The van der Waals surface area contributed by atoms with Crippen molar-refractivity contribution in [3.63, 3.8) is 0 Å². The van der Waals surface area contributed by atoms with Crippen LogP contribution in [0.1, 0.15) is 55.6 Å². The van der Waals surface area contributed by atoms with E-state index >= 15 is 0 Å². The summed E-state index contributed by atoms with van der Waals surface area (Å²) >= 11 is 0. The number of amides is 1. The highest BCUT2D eigenvalue weighted by Crippen LogP contribution is 2.48. The van der Waals surface area contributed by atoms with Crippen LogP contribution in [0.4, 0.5) is 0 Å². The first kappa shape index (κ1) is 15.2. The standard InChI is InChI=1S/C20H28N2O/c1-13-6-3-4-9-17(13)18-12-19(18)20(23)21-14-10-15-7-5-8-16(11-14)22(15)2/h3-4,6,9,14-16,18-19H,5,7-8,10-12H2,1-2H3,(H,21,23). The van der Waals surface area contributed by atoms with E-state index in [9.17, 15) is 4.79 Å². The van der Waals surface area contributed by atoms with E-state index in [1.54, 1.807) is 0 Å². The van der Waals surface area contributed by atoms with E-state index in [2.05, 4.69) is 48.5 Å². The fraction of sp³-hybridized carbons (Fsp3) is 0.650. The highest BCUT2D eigenvalue weighted by Gasteiger charge is 2.45. The fourth-order valence-corrected chi connectivity index (χ4v) is 4.87. The third-order valence-electron chi connectivity index (χ3n) is 6.40. The topological polar surface area (TPSA) is 32.3 Å². The molecule has 3 aliphatic rings. The van der Waals surface area contributed by atoms with Crippen molar-refractivity contribution in [1.82, 2.24) is 10.2 Å². The second-order valence-electron chi connectivity index (χ2n) is 7.89. The van der Waals surface area contributed by atoms with Crippen molar-refractivity contribution < 1.29 is 4.79 Å². The van der Waals surface area contributed by atoms with E-state index in [4.69, 9.17) is 0 Å². The van der Waals surface area contributed by atoms with Crippen molar-refractivity contribution in [2.75, 3.05) is 7.05 Å². The Bertz CT molecular complexity index is 585. The normalized spacial score (nSPS) is 36.5. The van der Waals surface area contributed by atoms with E-state index < -0.39 is 0 Å². The zero-order valence-corrected chi connectivity index (χ0v) is 14.3. The van der Waals surface area contributed by atoms with Crippen LogP contribution in [-0.4, -0.2) is 36.0 Å². The molecule has 4 atom stereocenters. The molecular weight excluding hydrogens is 284 g/mol. The van der Waals surface area contributed by atoms with Crippen LogP contribution in [0.15, 0.2) is 24.3 Å². The zero-order valence-electron chi connectivity index (χ0n) is 14.3. The molecule has 1 saturated carbocycles. The number of nitrogens with one attached hydrogen (secondary N) is 1. The van der Waals surface area contributed by atoms with Crippen LogP contribution in [0.2, 0.25) is 0 Å². The number of carbonyl (C=O) groups is 1. The van der Waals surface area contributed by atoms with Gasteiger partial charge >= 0.3 is 0 Å². The second-order valence-corrected chi connectivity index (χ2v) is 7.89. The number of carbonyl (C=O) groups excluding carboxylic acids is 1. The predicted octanol–water partition coefficient (Wildman–Crippen LogP) is 3.23. The lowest BCUT2D eigenvalue weighted by Crippen LogP contribution is -2.55. The van der Waals surface area contributed by atoms with Gasteiger partial charge in [0.05, 0.1) is 0 Å². The molecule has 4 unspecified atom stereocenters. The van der Waals surface area contributed by atoms with Gasteiger partial charge in [-0.3, -0.25) is 4.79 Å². The molecule has 2 aliphatic heterocycles. The van der Waals surface area contributed by atoms with Gasteiger partial charge in [-0.2, -0.15) is 0 Å². The summed E-state index contributed by atoms with van der Waals surface area (Å²) in [4.78, 5) is 15.2. The third-order valence-corrected chi connectivity index (χ3v) is 6.40. The van der Waals surface area contributed by atoms with Crippen LogP contribution < -0.4 is 5.32 Å². The molecule has 1 aromatic carbocycles. The Hall–Kier alpha value is -1.35. The molecule has 4 rings (SSSR count). The third kappa shape index (κ3) is 2.91. The van der Waals surface area contributed by atoms with Gasteiger partial charge in [0.15, 0.2) is 0 Å². The van der Waals surface area contributed by atoms with E-state index in [1.165, 1.54) is 30.4 Å². The molecule has 0 spiro atoms. The van der Waals surface area contributed by atoms with Gasteiger partial charge in [0, 0.05) is 24.0 Å². The first-order chi connectivity index (χ1) is 11.1. The number of nitrogens with zero attached hydrogens (tertiary/aromatic N) is 1. The van der Waals surface area contributed by atoms with E-state index in [1.807, 2.05) is 0 Å². The van der Waals surface area contributed by atoms with Gasteiger partial charge in [0.2, 0.25) is 5.91 Å². The molecule has 0 radical (unpaired) electrons. The number of piperidine rings is 2. The SMILES string of the molecule is Cc1ccccc1C1CC1C(=O)NC1CC2CCCC(C1)N2C. The average Bonchev–Trinajstić information content (AvgIpc) is 3.29. The van der Waals surface area contributed by atoms with Gasteiger partial charge in [0.25, 0.3) is 0 Å². The lowest BCUT2D eigenvalue weighted by molar-refractivity contribution is -0.123. The van der Waals surface area contributed by atoms with Crippen molar-refractivity contribution in [3.05, 3.63) is 35.4 Å². The summed E-state index contributed by atoms with van der Waals surface area (Å²) < 4.78 is 0. The average molecular weight is 312 g/mol. The Labute approximate surface area is 139 Å². The number of hydrogen-bond acceptors (Lipinski definition) is 2. The van der Waals surface area contributed by atoms with E-state index in [-0.39, 0.29) is 5.92 Å². The molecule has 3 heteroatoms. The monoisotopic (exact) mass is 312 g/mol. The van der Waals surface area contributed by atoms with Gasteiger partial charge in [-0.15, -0.1) is 0 Å². The number of hydrogen-bond donors (Lipinski definition) is 1. The van der Waals surface area contributed by atoms with Crippen molar-refractivity contribution in [2.24, 2.45) is 5.92 Å². The predicted molar refractivity (Wildman–Crippen MR) is 92.4 cm³/mol. The molecule has 3 nitrogen and oxygen atoms in total. The fourth-order valence-electron chi connectivity index (χ4n) is 4.87. The first-order valence-corrected chi connectivity index (χ1v) is 9.21. The smallest absolute Gasteiger partial charge is 0.223 e. The van der Waals surface area contributed by atoms with Crippen molar-refractivity contribution in [2.45, 2.75) is 69.5 Å². The zero-order chi connectivity index (χ0) is 16.0. The summed E-state index contributed by atoms with van der Waals surface area (Å²) in [5.74, 6) is 0.948. The Morgan fingerprint density at radius 2 is 1.83 bits per heavy atom. The highest BCUT2D eigenvalue weighted by molar-refractivity contribution is 5.83. The summed E-state index contributed by atoms with van der Waals surface area (Å²) in [6.07, 6.45) is 7.26.